The minimum atomic E-state index is -0.294. The van der Waals surface area contributed by atoms with Gasteiger partial charge in [-0.3, -0.25) is 0 Å². The fourth-order valence-corrected chi connectivity index (χ4v) is 1.53. The zero-order chi connectivity index (χ0) is 10.6. The Morgan fingerprint density at radius 3 is 2.86 bits per heavy atom. The summed E-state index contributed by atoms with van der Waals surface area (Å²) in [6.45, 7) is 3.58. The van der Waals surface area contributed by atoms with Gasteiger partial charge in [-0.25, -0.2) is 4.39 Å². The quantitative estimate of drug-likeness (QED) is 0.765. The van der Waals surface area contributed by atoms with Crippen LogP contribution in [0.4, 0.5) is 4.39 Å². The van der Waals surface area contributed by atoms with Gasteiger partial charge in [-0.2, -0.15) is 0 Å². The van der Waals surface area contributed by atoms with E-state index in [-0.39, 0.29) is 11.9 Å². The van der Waals surface area contributed by atoms with E-state index in [0.29, 0.717) is 23.4 Å². The van der Waals surface area contributed by atoms with E-state index in [9.17, 15) is 4.39 Å². The average molecular weight is 214 g/mol. The number of nitrogens with two attached hydrogens (primary N) is 1. The van der Waals surface area contributed by atoms with Gasteiger partial charge in [-0.15, -0.1) is 6.58 Å². The first kappa shape index (κ1) is 11.2. The summed E-state index contributed by atoms with van der Waals surface area (Å²) in [7, 11) is 0. The van der Waals surface area contributed by atoms with Crippen LogP contribution >= 0.6 is 11.6 Å². The predicted molar refractivity (Wildman–Crippen MR) is 57.9 cm³/mol. The number of halogens is 2. The molecule has 1 aromatic rings. The standard InChI is InChI=1S/C11H13ClFN/c1-2-4-8(14)7-9-10(12)5-3-6-11(9)13/h2-3,5-6,8H,1,4,7,14H2. The van der Waals surface area contributed by atoms with E-state index in [1.165, 1.54) is 6.07 Å². The van der Waals surface area contributed by atoms with Crippen molar-refractivity contribution in [1.82, 2.24) is 0 Å². The van der Waals surface area contributed by atoms with Crippen molar-refractivity contribution in [1.29, 1.82) is 0 Å². The van der Waals surface area contributed by atoms with Gasteiger partial charge in [0, 0.05) is 16.6 Å². The Labute approximate surface area is 88.4 Å². The van der Waals surface area contributed by atoms with Crippen molar-refractivity contribution in [2.24, 2.45) is 5.73 Å². The van der Waals surface area contributed by atoms with Crippen LogP contribution in [0.3, 0.4) is 0 Å². The first-order valence-corrected chi connectivity index (χ1v) is 4.82. The first-order chi connectivity index (χ1) is 6.65. The van der Waals surface area contributed by atoms with Gasteiger partial charge in [0.1, 0.15) is 5.82 Å². The van der Waals surface area contributed by atoms with Crippen LogP contribution in [0.15, 0.2) is 30.9 Å². The molecule has 0 saturated heterocycles. The molecule has 14 heavy (non-hydrogen) atoms. The predicted octanol–water partition coefficient (Wildman–Crippen LogP) is 2.93. The summed E-state index contributed by atoms with van der Waals surface area (Å²) in [6.07, 6.45) is 2.82. The van der Waals surface area contributed by atoms with Crippen LogP contribution in [0, 0.1) is 5.82 Å². The van der Waals surface area contributed by atoms with Crippen molar-refractivity contribution in [3.8, 4) is 0 Å². The van der Waals surface area contributed by atoms with Gasteiger partial charge in [0.2, 0.25) is 0 Å². The molecule has 1 atom stereocenters. The Hall–Kier alpha value is -0.860. The fourth-order valence-electron chi connectivity index (χ4n) is 1.29. The number of hydrogen-bond donors (Lipinski definition) is 1. The topological polar surface area (TPSA) is 26.0 Å². The Morgan fingerprint density at radius 2 is 2.29 bits per heavy atom. The highest BCUT2D eigenvalue weighted by Gasteiger charge is 2.10. The lowest BCUT2D eigenvalue weighted by Gasteiger charge is -2.11. The molecule has 0 fully saturated rings. The lowest BCUT2D eigenvalue weighted by molar-refractivity contribution is 0.587. The minimum Gasteiger partial charge on any atom is -0.327 e. The molecule has 0 amide bonds. The Kier molecular flexibility index (Phi) is 4.11. The van der Waals surface area contributed by atoms with Crippen molar-refractivity contribution < 1.29 is 4.39 Å². The van der Waals surface area contributed by atoms with Gasteiger partial charge in [0.15, 0.2) is 0 Å². The van der Waals surface area contributed by atoms with Crippen molar-refractivity contribution in [3.63, 3.8) is 0 Å². The third kappa shape index (κ3) is 2.82. The maximum absolute atomic E-state index is 13.3. The van der Waals surface area contributed by atoms with E-state index in [1.807, 2.05) is 0 Å². The molecule has 1 aromatic carbocycles. The maximum Gasteiger partial charge on any atom is 0.127 e. The highest BCUT2D eigenvalue weighted by atomic mass is 35.5. The summed E-state index contributed by atoms with van der Waals surface area (Å²) >= 11 is 5.85. The van der Waals surface area contributed by atoms with Crippen molar-refractivity contribution in [2.75, 3.05) is 0 Å². The monoisotopic (exact) mass is 213 g/mol. The summed E-state index contributed by atoms with van der Waals surface area (Å²) in [5, 5.41) is 0.435. The summed E-state index contributed by atoms with van der Waals surface area (Å²) in [5.41, 5.74) is 6.25. The summed E-state index contributed by atoms with van der Waals surface area (Å²) in [6, 6.07) is 4.52. The largest absolute Gasteiger partial charge is 0.327 e. The molecule has 1 nitrogen and oxygen atoms in total. The Morgan fingerprint density at radius 1 is 1.57 bits per heavy atom. The minimum absolute atomic E-state index is 0.123. The van der Waals surface area contributed by atoms with E-state index in [0.717, 1.165) is 0 Å². The number of benzene rings is 1. The van der Waals surface area contributed by atoms with Crippen molar-refractivity contribution in [2.45, 2.75) is 18.9 Å². The van der Waals surface area contributed by atoms with Crippen LogP contribution in [0.1, 0.15) is 12.0 Å². The second-order valence-corrected chi connectivity index (χ2v) is 3.60. The Bertz CT molecular complexity index is 305. The lowest BCUT2D eigenvalue weighted by Crippen LogP contribution is -2.22. The van der Waals surface area contributed by atoms with Crippen LogP contribution in [-0.2, 0) is 6.42 Å². The fraction of sp³-hybridized carbons (Fsp3) is 0.273. The maximum atomic E-state index is 13.3. The molecule has 2 N–H and O–H groups in total. The molecule has 0 aliphatic carbocycles. The SMILES string of the molecule is C=CCC(N)Cc1c(F)cccc1Cl. The second-order valence-electron chi connectivity index (χ2n) is 3.19. The van der Waals surface area contributed by atoms with Crippen LogP contribution < -0.4 is 5.73 Å². The van der Waals surface area contributed by atoms with Crippen LogP contribution in [0.2, 0.25) is 5.02 Å². The van der Waals surface area contributed by atoms with E-state index >= 15 is 0 Å². The van der Waals surface area contributed by atoms with E-state index in [2.05, 4.69) is 6.58 Å². The number of hydrogen-bond acceptors (Lipinski definition) is 1. The van der Waals surface area contributed by atoms with E-state index in [4.69, 9.17) is 17.3 Å². The van der Waals surface area contributed by atoms with Crippen LogP contribution in [0.5, 0.6) is 0 Å². The molecule has 0 heterocycles. The van der Waals surface area contributed by atoms with Gasteiger partial charge < -0.3 is 5.73 Å². The summed E-state index contributed by atoms with van der Waals surface area (Å²) < 4.78 is 13.3. The van der Waals surface area contributed by atoms with Gasteiger partial charge in [-0.05, 0) is 25.0 Å². The third-order valence-electron chi connectivity index (χ3n) is 2.00. The van der Waals surface area contributed by atoms with E-state index in [1.54, 1.807) is 18.2 Å². The molecule has 1 unspecified atom stereocenters. The average Bonchev–Trinajstić information content (AvgIpc) is 2.12. The highest BCUT2D eigenvalue weighted by Crippen LogP contribution is 2.20. The number of rotatable bonds is 4. The highest BCUT2D eigenvalue weighted by molar-refractivity contribution is 6.31. The third-order valence-corrected chi connectivity index (χ3v) is 2.35. The van der Waals surface area contributed by atoms with Gasteiger partial charge in [0.05, 0.1) is 0 Å². The molecule has 0 saturated carbocycles. The van der Waals surface area contributed by atoms with Crippen LogP contribution in [0.25, 0.3) is 0 Å². The van der Waals surface area contributed by atoms with E-state index < -0.39 is 0 Å². The molecule has 0 aliphatic rings. The van der Waals surface area contributed by atoms with Gasteiger partial charge in [-0.1, -0.05) is 23.7 Å². The summed E-state index contributed by atoms with van der Waals surface area (Å²) in [5.74, 6) is -0.294. The normalized spacial score (nSPS) is 12.5. The summed E-state index contributed by atoms with van der Waals surface area (Å²) in [4.78, 5) is 0. The molecule has 0 aromatic heterocycles. The zero-order valence-electron chi connectivity index (χ0n) is 7.84. The molecule has 0 aliphatic heterocycles. The lowest BCUT2D eigenvalue weighted by atomic mass is 10.0. The molecular weight excluding hydrogens is 201 g/mol. The van der Waals surface area contributed by atoms with Crippen LogP contribution in [-0.4, -0.2) is 6.04 Å². The molecule has 0 bridgehead atoms. The second kappa shape index (κ2) is 5.13. The zero-order valence-corrected chi connectivity index (χ0v) is 8.60. The molecule has 0 spiro atoms. The molecular formula is C11H13ClFN. The van der Waals surface area contributed by atoms with Gasteiger partial charge in [0.25, 0.3) is 0 Å². The van der Waals surface area contributed by atoms with Crippen molar-refractivity contribution >= 4 is 11.6 Å². The van der Waals surface area contributed by atoms with Gasteiger partial charge >= 0.3 is 0 Å². The Balaban J connectivity index is 2.80. The molecule has 3 heteroatoms. The first-order valence-electron chi connectivity index (χ1n) is 4.44. The molecule has 0 radical (unpaired) electrons. The molecule has 1 rings (SSSR count). The smallest absolute Gasteiger partial charge is 0.127 e. The molecule has 76 valence electrons. The van der Waals surface area contributed by atoms with Crippen molar-refractivity contribution in [3.05, 3.63) is 47.3 Å².